The van der Waals surface area contributed by atoms with E-state index in [1.807, 2.05) is 41.3 Å². The second-order valence-electron chi connectivity index (χ2n) is 7.67. The number of hydrogen-bond donors (Lipinski definition) is 0. The summed E-state index contributed by atoms with van der Waals surface area (Å²) < 4.78 is 19.1. The Morgan fingerprint density at radius 1 is 0.879 bits per heavy atom. The maximum Gasteiger partial charge on any atom is 0.373 e. The number of anilines is 2. The Kier molecular flexibility index (Phi) is 5.43. The van der Waals surface area contributed by atoms with Crippen molar-refractivity contribution in [2.24, 2.45) is 0 Å². The number of aromatic nitrogens is 2. The molecule has 0 saturated carbocycles. The molecule has 3 aromatic carbocycles. The van der Waals surface area contributed by atoms with E-state index in [2.05, 4.69) is 14.9 Å². The van der Waals surface area contributed by atoms with Crippen LogP contribution in [-0.2, 0) is 0 Å². The lowest BCUT2D eigenvalue weighted by molar-refractivity contribution is -0.385. The molecule has 0 spiro atoms. The van der Waals surface area contributed by atoms with Crippen molar-refractivity contribution in [2.75, 3.05) is 36.0 Å². The highest BCUT2D eigenvalue weighted by Gasteiger charge is 2.30. The number of ether oxygens (including phenoxy) is 1. The van der Waals surface area contributed by atoms with Crippen LogP contribution in [0.5, 0.6) is 11.6 Å². The number of nitro groups is 1. The Balaban J connectivity index is 1.39. The highest BCUT2D eigenvalue weighted by atomic mass is 19.1. The van der Waals surface area contributed by atoms with Gasteiger partial charge in [0.1, 0.15) is 17.9 Å². The Hall–Kier alpha value is -4.27. The number of hydrogen-bond acceptors (Lipinski definition) is 7. The third kappa shape index (κ3) is 4.25. The van der Waals surface area contributed by atoms with Crippen molar-refractivity contribution in [3.8, 4) is 11.6 Å². The fourth-order valence-corrected chi connectivity index (χ4v) is 3.99. The smallest absolute Gasteiger partial charge is 0.373 e. The van der Waals surface area contributed by atoms with Crippen LogP contribution in [0.2, 0.25) is 0 Å². The summed E-state index contributed by atoms with van der Waals surface area (Å²) in [6.07, 6.45) is 1.28. The van der Waals surface area contributed by atoms with Crippen molar-refractivity contribution >= 4 is 28.0 Å². The number of rotatable bonds is 5. The van der Waals surface area contributed by atoms with Crippen LogP contribution in [0.1, 0.15) is 0 Å². The molecule has 1 saturated heterocycles. The van der Waals surface area contributed by atoms with Gasteiger partial charge in [-0.3, -0.25) is 10.1 Å². The molecular formula is C24H20FN5O3. The molecule has 2 heterocycles. The number of fused-ring (bicyclic) bond motifs is 1. The van der Waals surface area contributed by atoms with Gasteiger partial charge < -0.3 is 14.5 Å². The van der Waals surface area contributed by atoms with Crippen molar-refractivity contribution in [3.05, 3.63) is 89.0 Å². The van der Waals surface area contributed by atoms with Gasteiger partial charge in [-0.25, -0.2) is 9.37 Å². The second kappa shape index (κ2) is 8.70. The molecule has 0 amide bonds. The molecule has 5 rings (SSSR count). The summed E-state index contributed by atoms with van der Waals surface area (Å²) in [6, 6.07) is 19.6. The van der Waals surface area contributed by atoms with Crippen molar-refractivity contribution in [1.29, 1.82) is 0 Å². The quantitative estimate of drug-likeness (QED) is 0.322. The third-order valence-corrected chi connectivity index (χ3v) is 5.66. The van der Waals surface area contributed by atoms with Crippen LogP contribution in [0, 0.1) is 15.9 Å². The standard InChI is InChI=1S/C24H20FN5O3/c25-19-6-8-20(9-7-19)28-11-13-29(14-12-28)23-22(30(31)32)24(27-16-26-23)33-21-10-5-17-3-1-2-4-18(17)15-21/h1-10,15-16H,11-14H2. The van der Waals surface area contributed by atoms with E-state index in [1.54, 1.807) is 18.2 Å². The van der Waals surface area contributed by atoms with Gasteiger partial charge in [0.05, 0.1) is 4.92 Å². The Bertz CT molecular complexity index is 1310. The van der Waals surface area contributed by atoms with Gasteiger partial charge in [-0.15, -0.1) is 0 Å². The number of piperazine rings is 1. The van der Waals surface area contributed by atoms with E-state index < -0.39 is 4.92 Å². The van der Waals surface area contributed by atoms with Gasteiger partial charge >= 0.3 is 11.6 Å². The molecule has 4 aromatic rings. The first-order valence-electron chi connectivity index (χ1n) is 10.5. The molecule has 8 nitrogen and oxygen atoms in total. The zero-order chi connectivity index (χ0) is 22.8. The zero-order valence-electron chi connectivity index (χ0n) is 17.6. The Morgan fingerprint density at radius 2 is 1.58 bits per heavy atom. The van der Waals surface area contributed by atoms with E-state index in [9.17, 15) is 14.5 Å². The fraction of sp³-hybridized carbons (Fsp3) is 0.167. The second-order valence-corrected chi connectivity index (χ2v) is 7.67. The van der Waals surface area contributed by atoms with Crippen LogP contribution < -0.4 is 14.5 Å². The van der Waals surface area contributed by atoms with Crippen LogP contribution in [0.15, 0.2) is 73.1 Å². The van der Waals surface area contributed by atoms with Crippen molar-refractivity contribution in [3.63, 3.8) is 0 Å². The molecule has 33 heavy (non-hydrogen) atoms. The molecule has 1 aromatic heterocycles. The van der Waals surface area contributed by atoms with Gasteiger partial charge in [0.25, 0.3) is 0 Å². The van der Waals surface area contributed by atoms with Crippen molar-refractivity contribution < 1.29 is 14.1 Å². The largest absolute Gasteiger partial charge is 0.434 e. The predicted octanol–water partition coefficient (Wildman–Crippen LogP) is 4.80. The lowest BCUT2D eigenvalue weighted by Crippen LogP contribution is -2.47. The van der Waals surface area contributed by atoms with Crippen LogP contribution in [0.25, 0.3) is 10.8 Å². The molecule has 0 aliphatic carbocycles. The first-order chi connectivity index (χ1) is 16.1. The minimum absolute atomic E-state index is 0.0961. The molecule has 1 fully saturated rings. The SMILES string of the molecule is O=[N+]([O-])c1c(Oc2ccc3ccccc3c2)ncnc1N1CCN(c2ccc(F)cc2)CC1. The maximum atomic E-state index is 13.2. The average molecular weight is 445 g/mol. The van der Waals surface area contributed by atoms with Crippen molar-refractivity contribution in [2.45, 2.75) is 0 Å². The van der Waals surface area contributed by atoms with Crippen LogP contribution in [-0.4, -0.2) is 41.1 Å². The lowest BCUT2D eigenvalue weighted by atomic mass is 10.1. The highest BCUT2D eigenvalue weighted by Crippen LogP contribution is 2.37. The molecule has 166 valence electrons. The molecule has 1 aliphatic heterocycles. The predicted molar refractivity (Wildman–Crippen MR) is 124 cm³/mol. The number of nitrogens with zero attached hydrogens (tertiary/aromatic N) is 5. The minimum atomic E-state index is -0.502. The average Bonchev–Trinajstić information content (AvgIpc) is 2.84. The molecule has 1 aliphatic rings. The summed E-state index contributed by atoms with van der Waals surface area (Å²) in [5.74, 6) is 0.307. The summed E-state index contributed by atoms with van der Waals surface area (Å²) in [6.45, 7) is 2.27. The van der Waals surface area contributed by atoms with E-state index in [-0.39, 0.29) is 23.2 Å². The monoisotopic (exact) mass is 445 g/mol. The van der Waals surface area contributed by atoms with E-state index in [0.29, 0.717) is 31.9 Å². The molecule has 0 unspecified atom stereocenters. The minimum Gasteiger partial charge on any atom is -0.434 e. The zero-order valence-corrected chi connectivity index (χ0v) is 17.6. The highest BCUT2D eigenvalue weighted by molar-refractivity contribution is 5.83. The molecule has 0 N–H and O–H groups in total. The third-order valence-electron chi connectivity index (χ3n) is 5.66. The normalized spacial score (nSPS) is 13.8. The summed E-state index contributed by atoms with van der Waals surface area (Å²) in [4.78, 5) is 23.7. The molecule has 9 heteroatoms. The van der Waals surface area contributed by atoms with E-state index in [4.69, 9.17) is 4.74 Å². The van der Waals surface area contributed by atoms with Gasteiger partial charge in [-0.2, -0.15) is 4.98 Å². The van der Waals surface area contributed by atoms with Crippen LogP contribution >= 0.6 is 0 Å². The van der Waals surface area contributed by atoms with Crippen LogP contribution in [0.3, 0.4) is 0 Å². The van der Waals surface area contributed by atoms with Gasteiger partial charge in [0.15, 0.2) is 0 Å². The van der Waals surface area contributed by atoms with Gasteiger partial charge in [-0.1, -0.05) is 30.3 Å². The first kappa shape index (κ1) is 20.6. The van der Waals surface area contributed by atoms with Crippen molar-refractivity contribution in [1.82, 2.24) is 9.97 Å². The van der Waals surface area contributed by atoms with Gasteiger partial charge in [-0.05, 0) is 47.2 Å². The van der Waals surface area contributed by atoms with Gasteiger partial charge in [0.2, 0.25) is 5.82 Å². The lowest BCUT2D eigenvalue weighted by Gasteiger charge is -2.36. The van der Waals surface area contributed by atoms with E-state index in [1.165, 1.54) is 18.5 Å². The number of halogens is 1. The van der Waals surface area contributed by atoms with Gasteiger partial charge in [0, 0.05) is 31.9 Å². The number of benzene rings is 3. The topological polar surface area (TPSA) is 84.6 Å². The molecule has 0 bridgehead atoms. The van der Waals surface area contributed by atoms with E-state index in [0.717, 1.165) is 16.5 Å². The summed E-state index contributed by atoms with van der Waals surface area (Å²) in [5.41, 5.74) is 0.648. The molecule has 0 radical (unpaired) electrons. The summed E-state index contributed by atoms with van der Waals surface area (Å²) in [5, 5.41) is 14.0. The maximum absolute atomic E-state index is 13.2. The van der Waals surface area contributed by atoms with Crippen LogP contribution in [0.4, 0.5) is 21.6 Å². The molecule has 0 atom stereocenters. The Morgan fingerprint density at radius 3 is 2.30 bits per heavy atom. The van der Waals surface area contributed by atoms with E-state index >= 15 is 0 Å². The summed E-state index contributed by atoms with van der Waals surface area (Å²) in [7, 11) is 0. The summed E-state index contributed by atoms with van der Waals surface area (Å²) >= 11 is 0. The fourth-order valence-electron chi connectivity index (χ4n) is 3.99. The molecular weight excluding hydrogens is 425 g/mol. The first-order valence-corrected chi connectivity index (χ1v) is 10.5. The Labute approximate surface area is 189 Å².